The summed E-state index contributed by atoms with van der Waals surface area (Å²) in [6.07, 6.45) is 3.28. The van der Waals surface area contributed by atoms with E-state index in [0.29, 0.717) is 41.6 Å². The van der Waals surface area contributed by atoms with Crippen LogP contribution in [0.3, 0.4) is 0 Å². The third-order valence-corrected chi connectivity index (χ3v) is 5.84. The summed E-state index contributed by atoms with van der Waals surface area (Å²) < 4.78 is 16.7. The summed E-state index contributed by atoms with van der Waals surface area (Å²) in [5, 5.41) is 11.3. The smallest absolute Gasteiger partial charge is 0.295 e. The number of carbonyl (C=O) groups is 2. The Labute approximate surface area is 209 Å². The van der Waals surface area contributed by atoms with Gasteiger partial charge >= 0.3 is 0 Å². The minimum Gasteiger partial charge on any atom is -0.507 e. The van der Waals surface area contributed by atoms with Crippen molar-refractivity contribution >= 4 is 17.4 Å². The topological polar surface area (TPSA) is 98.2 Å². The lowest BCUT2D eigenvalue weighted by Gasteiger charge is -2.26. The second-order valence-corrected chi connectivity index (χ2v) is 8.09. The molecular weight excluding hydrogens is 460 g/mol. The van der Waals surface area contributed by atoms with E-state index in [1.165, 1.54) is 12.0 Å². The lowest BCUT2D eigenvalue weighted by atomic mass is 9.94. The zero-order chi connectivity index (χ0) is 25.7. The fourth-order valence-electron chi connectivity index (χ4n) is 4.26. The van der Waals surface area contributed by atoms with Gasteiger partial charge in [0.05, 0.1) is 31.9 Å². The van der Waals surface area contributed by atoms with Crippen LogP contribution in [0.15, 0.2) is 72.6 Å². The molecule has 4 rings (SSSR count). The van der Waals surface area contributed by atoms with Gasteiger partial charge in [-0.2, -0.15) is 0 Å². The Morgan fingerprint density at radius 3 is 2.50 bits per heavy atom. The Morgan fingerprint density at radius 2 is 1.81 bits per heavy atom. The third kappa shape index (κ3) is 4.88. The monoisotopic (exact) mass is 488 g/mol. The number of aromatic nitrogens is 1. The molecule has 2 heterocycles. The van der Waals surface area contributed by atoms with Crippen LogP contribution in [-0.4, -0.2) is 47.0 Å². The molecule has 1 unspecified atom stereocenters. The number of rotatable bonds is 9. The molecule has 1 aliphatic rings. The molecular formula is C28H28N2O6. The number of pyridine rings is 1. The van der Waals surface area contributed by atoms with E-state index in [9.17, 15) is 14.7 Å². The first-order chi connectivity index (χ1) is 17.5. The fraction of sp³-hybridized carbons (Fsp3) is 0.250. The second-order valence-electron chi connectivity index (χ2n) is 8.09. The highest BCUT2D eigenvalue weighted by atomic mass is 16.5. The van der Waals surface area contributed by atoms with Gasteiger partial charge in [-0.15, -0.1) is 0 Å². The molecule has 1 atom stereocenters. The van der Waals surface area contributed by atoms with Crippen LogP contribution in [0.1, 0.15) is 36.6 Å². The molecule has 1 saturated heterocycles. The SMILES string of the molecule is CCOc1cccc(C(O)=C2C(=O)C(=O)N(Cc3cccnc3)C2c2ccc(OCC)c(OC)c2)c1. The fourth-order valence-corrected chi connectivity index (χ4v) is 4.26. The number of methoxy groups -OCH3 is 1. The number of aliphatic hydroxyl groups is 1. The van der Waals surface area contributed by atoms with Crippen LogP contribution in [0.25, 0.3) is 5.76 Å². The normalized spacial score (nSPS) is 16.8. The van der Waals surface area contributed by atoms with Gasteiger partial charge in [-0.25, -0.2) is 0 Å². The Bertz CT molecular complexity index is 1290. The molecule has 186 valence electrons. The van der Waals surface area contributed by atoms with Crippen molar-refractivity contribution in [2.24, 2.45) is 0 Å². The van der Waals surface area contributed by atoms with Crippen LogP contribution < -0.4 is 14.2 Å². The Balaban J connectivity index is 1.87. The first kappa shape index (κ1) is 24.8. The standard InChI is InChI=1S/C28H28N2O6/c1-4-35-21-10-6-9-20(14-21)26(31)24-25(19-11-12-22(36-5-2)23(15-19)34-3)30(28(33)27(24)32)17-18-8-7-13-29-16-18/h6-16,25,31H,4-5,17H2,1-3H3. The molecule has 3 aromatic rings. The number of Topliss-reactive ketones (excluding diaryl/α,β-unsaturated/α-hetero) is 1. The number of likely N-dealkylation sites (tertiary alicyclic amines) is 1. The number of ketones is 1. The van der Waals surface area contributed by atoms with E-state index >= 15 is 0 Å². The summed E-state index contributed by atoms with van der Waals surface area (Å²) in [4.78, 5) is 32.1. The molecule has 0 saturated carbocycles. The van der Waals surface area contributed by atoms with Gasteiger partial charge in [0.1, 0.15) is 11.5 Å². The van der Waals surface area contributed by atoms with Crippen molar-refractivity contribution in [2.75, 3.05) is 20.3 Å². The average molecular weight is 489 g/mol. The van der Waals surface area contributed by atoms with Crippen LogP contribution in [0.4, 0.5) is 0 Å². The Morgan fingerprint density at radius 1 is 1.00 bits per heavy atom. The number of hydrogen-bond acceptors (Lipinski definition) is 7. The molecule has 1 aliphatic heterocycles. The third-order valence-electron chi connectivity index (χ3n) is 5.84. The molecule has 1 fully saturated rings. The van der Waals surface area contributed by atoms with E-state index in [0.717, 1.165) is 5.56 Å². The van der Waals surface area contributed by atoms with E-state index in [4.69, 9.17) is 14.2 Å². The van der Waals surface area contributed by atoms with Crippen molar-refractivity contribution in [1.82, 2.24) is 9.88 Å². The van der Waals surface area contributed by atoms with E-state index in [1.807, 2.05) is 19.9 Å². The van der Waals surface area contributed by atoms with Gasteiger partial charge in [-0.1, -0.05) is 24.3 Å². The van der Waals surface area contributed by atoms with Crippen molar-refractivity contribution in [3.05, 3.63) is 89.3 Å². The molecule has 8 nitrogen and oxygen atoms in total. The molecule has 0 spiro atoms. The minimum absolute atomic E-state index is 0.0104. The number of aliphatic hydroxyl groups excluding tert-OH is 1. The van der Waals surface area contributed by atoms with Crippen molar-refractivity contribution in [3.63, 3.8) is 0 Å². The predicted molar refractivity (Wildman–Crippen MR) is 134 cm³/mol. The van der Waals surface area contributed by atoms with Gasteiger partial charge in [0.15, 0.2) is 11.5 Å². The average Bonchev–Trinajstić information content (AvgIpc) is 3.14. The number of carbonyl (C=O) groups excluding carboxylic acids is 2. The summed E-state index contributed by atoms with van der Waals surface area (Å²) >= 11 is 0. The van der Waals surface area contributed by atoms with Gasteiger partial charge in [0, 0.05) is 24.5 Å². The highest BCUT2D eigenvalue weighted by molar-refractivity contribution is 6.46. The quantitative estimate of drug-likeness (QED) is 0.269. The van der Waals surface area contributed by atoms with E-state index < -0.39 is 17.7 Å². The lowest BCUT2D eigenvalue weighted by Crippen LogP contribution is -2.29. The second kappa shape index (κ2) is 10.9. The van der Waals surface area contributed by atoms with Crippen molar-refractivity contribution < 1.29 is 28.9 Å². The molecule has 2 aromatic carbocycles. The van der Waals surface area contributed by atoms with Crippen molar-refractivity contribution in [1.29, 1.82) is 0 Å². The van der Waals surface area contributed by atoms with Gasteiger partial charge in [-0.3, -0.25) is 14.6 Å². The van der Waals surface area contributed by atoms with Crippen LogP contribution in [0.5, 0.6) is 17.2 Å². The molecule has 0 radical (unpaired) electrons. The molecule has 1 aromatic heterocycles. The molecule has 8 heteroatoms. The number of hydrogen-bond donors (Lipinski definition) is 1. The van der Waals surface area contributed by atoms with Crippen LogP contribution in [0, 0.1) is 0 Å². The summed E-state index contributed by atoms with van der Waals surface area (Å²) in [6.45, 7) is 4.76. The number of amides is 1. The number of ether oxygens (including phenoxy) is 3. The zero-order valence-corrected chi connectivity index (χ0v) is 20.4. The van der Waals surface area contributed by atoms with Gasteiger partial charge in [0.25, 0.3) is 11.7 Å². The van der Waals surface area contributed by atoms with E-state index in [2.05, 4.69) is 4.98 Å². The van der Waals surface area contributed by atoms with Gasteiger partial charge in [-0.05, 0) is 55.3 Å². The largest absolute Gasteiger partial charge is 0.507 e. The number of nitrogens with zero attached hydrogens (tertiary/aromatic N) is 2. The Hall–Kier alpha value is -4.33. The molecule has 0 bridgehead atoms. The first-order valence-corrected chi connectivity index (χ1v) is 11.7. The van der Waals surface area contributed by atoms with E-state index in [-0.39, 0.29) is 17.9 Å². The van der Waals surface area contributed by atoms with Gasteiger partial charge in [0.2, 0.25) is 0 Å². The zero-order valence-electron chi connectivity index (χ0n) is 20.4. The summed E-state index contributed by atoms with van der Waals surface area (Å²) in [6, 6.07) is 14.8. The van der Waals surface area contributed by atoms with E-state index in [1.54, 1.807) is 60.9 Å². The summed E-state index contributed by atoms with van der Waals surface area (Å²) in [7, 11) is 1.52. The van der Waals surface area contributed by atoms with Crippen molar-refractivity contribution in [3.8, 4) is 17.2 Å². The molecule has 0 aliphatic carbocycles. The lowest BCUT2D eigenvalue weighted by molar-refractivity contribution is -0.140. The molecule has 36 heavy (non-hydrogen) atoms. The van der Waals surface area contributed by atoms with Crippen LogP contribution in [0.2, 0.25) is 0 Å². The predicted octanol–water partition coefficient (Wildman–Crippen LogP) is 4.51. The maximum Gasteiger partial charge on any atom is 0.295 e. The maximum atomic E-state index is 13.3. The Kier molecular flexibility index (Phi) is 7.53. The van der Waals surface area contributed by atoms with Gasteiger partial charge < -0.3 is 24.2 Å². The van der Waals surface area contributed by atoms with Crippen LogP contribution >= 0.6 is 0 Å². The number of benzene rings is 2. The van der Waals surface area contributed by atoms with Crippen LogP contribution in [-0.2, 0) is 16.1 Å². The minimum atomic E-state index is -0.856. The molecule has 1 N–H and O–H groups in total. The maximum absolute atomic E-state index is 13.3. The summed E-state index contributed by atoms with van der Waals surface area (Å²) in [5.41, 5.74) is 1.72. The highest BCUT2D eigenvalue weighted by Crippen LogP contribution is 2.42. The summed E-state index contributed by atoms with van der Waals surface area (Å²) in [5.74, 6) is -0.209. The van der Waals surface area contributed by atoms with Crippen molar-refractivity contribution in [2.45, 2.75) is 26.4 Å². The first-order valence-electron chi connectivity index (χ1n) is 11.7. The highest BCUT2D eigenvalue weighted by Gasteiger charge is 2.46. The molecule has 1 amide bonds.